The highest BCUT2D eigenvalue weighted by Crippen LogP contribution is 2.15. The molecule has 2 N–H and O–H groups in total. The number of amides is 2. The van der Waals surface area contributed by atoms with Crippen LogP contribution in [0, 0.1) is 18.2 Å². The molecule has 0 radical (unpaired) electrons. The summed E-state index contributed by atoms with van der Waals surface area (Å²) in [5.41, 5.74) is 0.403. The molecule has 0 aromatic heterocycles. The Labute approximate surface area is 112 Å². The fraction of sp³-hybridized carbons (Fsp3) is 0.429. The quantitative estimate of drug-likeness (QED) is 0.881. The molecule has 4 nitrogen and oxygen atoms in total. The van der Waals surface area contributed by atoms with Crippen molar-refractivity contribution < 1.29 is 14.0 Å². The second-order valence-electron chi connectivity index (χ2n) is 5.46. The minimum Gasteiger partial charge on any atom is -0.347 e. The molecule has 5 heteroatoms. The Morgan fingerprint density at radius 1 is 1.26 bits per heavy atom. The number of halogens is 1. The van der Waals surface area contributed by atoms with Crippen molar-refractivity contribution in [1.29, 1.82) is 0 Å². The summed E-state index contributed by atoms with van der Waals surface area (Å²) in [4.78, 5) is 23.2. The zero-order valence-electron chi connectivity index (χ0n) is 11.6. The van der Waals surface area contributed by atoms with Crippen LogP contribution in [-0.4, -0.2) is 18.4 Å². The van der Waals surface area contributed by atoms with Gasteiger partial charge in [-0.05, 0) is 24.6 Å². The Kier molecular flexibility index (Phi) is 4.64. The highest BCUT2D eigenvalue weighted by molar-refractivity contribution is 5.95. The van der Waals surface area contributed by atoms with Gasteiger partial charge in [-0.25, -0.2) is 4.39 Å². The highest BCUT2D eigenvalue weighted by atomic mass is 19.1. The second kappa shape index (κ2) is 5.82. The van der Waals surface area contributed by atoms with Gasteiger partial charge in [-0.3, -0.25) is 9.59 Å². The average molecular weight is 266 g/mol. The molecule has 0 saturated heterocycles. The molecular formula is C14H19FN2O2. The molecule has 1 rings (SSSR count). The van der Waals surface area contributed by atoms with E-state index in [9.17, 15) is 14.0 Å². The lowest BCUT2D eigenvalue weighted by atomic mass is 9.96. The molecule has 104 valence electrons. The Morgan fingerprint density at radius 2 is 1.89 bits per heavy atom. The number of aryl methyl sites for hydroxylation is 1. The van der Waals surface area contributed by atoms with Crippen LogP contribution in [0.1, 0.15) is 26.3 Å². The zero-order chi connectivity index (χ0) is 14.6. The van der Waals surface area contributed by atoms with Crippen LogP contribution in [0.15, 0.2) is 18.2 Å². The van der Waals surface area contributed by atoms with Gasteiger partial charge in [-0.15, -0.1) is 0 Å². The lowest BCUT2D eigenvalue weighted by Crippen LogP contribution is -2.39. The summed E-state index contributed by atoms with van der Waals surface area (Å²) in [5, 5.41) is 4.93. The van der Waals surface area contributed by atoms with Crippen molar-refractivity contribution in [3.8, 4) is 0 Å². The van der Waals surface area contributed by atoms with Crippen LogP contribution in [0.4, 0.5) is 10.1 Å². The van der Waals surface area contributed by atoms with E-state index in [2.05, 4.69) is 10.6 Å². The van der Waals surface area contributed by atoms with Crippen molar-refractivity contribution in [2.45, 2.75) is 27.7 Å². The maximum Gasteiger partial charge on any atom is 0.243 e. The normalized spacial score (nSPS) is 11.0. The van der Waals surface area contributed by atoms with E-state index in [0.29, 0.717) is 0 Å². The van der Waals surface area contributed by atoms with Gasteiger partial charge in [0.15, 0.2) is 0 Å². The molecule has 2 amide bonds. The first-order valence-corrected chi connectivity index (χ1v) is 6.04. The first-order chi connectivity index (χ1) is 8.70. The van der Waals surface area contributed by atoms with Gasteiger partial charge in [0, 0.05) is 5.41 Å². The fourth-order valence-corrected chi connectivity index (χ4v) is 1.36. The summed E-state index contributed by atoms with van der Waals surface area (Å²) in [6.45, 7) is 6.88. The number of carbonyl (C=O) groups excluding carboxylic acids is 2. The number of rotatable bonds is 3. The average Bonchev–Trinajstić information content (AvgIpc) is 2.29. The number of carbonyl (C=O) groups is 2. The third-order valence-electron chi connectivity index (χ3n) is 2.49. The SMILES string of the molecule is Cc1ccc(F)c(NC(=O)CNC(=O)C(C)(C)C)c1. The summed E-state index contributed by atoms with van der Waals surface area (Å²) >= 11 is 0. The van der Waals surface area contributed by atoms with Crippen LogP contribution >= 0.6 is 0 Å². The monoisotopic (exact) mass is 266 g/mol. The molecule has 0 aliphatic heterocycles. The van der Waals surface area contributed by atoms with E-state index in [4.69, 9.17) is 0 Å². The van der Waals surface area contributed by atoms with Gasteiger partial charge in [0.05, 0.1) is 12.2 Å². The second-order valence-corrected chi connectivity index (χ2v) is 5.46. The standard InChI is InChI=1S/C14H19FN2O2/c1-9-5-6-10(15)11(7-9)17-12(18)8-16-13(19)14(2,3)4/h5-7H,8H2,1-4H3,(H,16,19)(H,17,18). The van der Waals surface area contributed by atoms with Gasteiger partial charge < -0.3 is 10.6 Å². The molecule has 0 unspecified atom stereocenters. The molecule has 1 aromatic carbocycles. The third kappa shape index (κ3) is 4.69. The largest absolute Gasteiger partial charge is 0.347 e. The lowest BCUT2D eigenvalue weighted by molar-refractivity contribution is -0.130. The summed E-state index contributed by atoms with van der Waals surface area (Å²) in [5.74, 6) is -1.18. The Morgan fingerprint density at radius 3 is 2.47 bits per heavy atom. The lowest BCUT2D eigenvalue weighted by Gasteiger charge is -2.17. The van der Waals surface area contributed by atoms with Crippen LogP contribution in [0.5, 0.6) is 0 Å². The van der Waals surface area contributed by atoms with Crippen molar-refractivity contribution in [3.05, 3.63) is 29.6 Å². The van der Waals surface area contributed by atoms with E-state index in [1.165, 1.54) is 6.07 Å². The predicted octanol–water partition coefficient (Wildman–Crippen LogP) is 2.23. The molecule has 0 spiro atoms. The molecule has 0 saturated carbocycles. The summed E-state index contributed by atoms with van der Waals surface area (Å²) < 4.78 is 13.4. The number of hydrogen-bond acceptors (Lipinski definition) is 2. The zero-order valence-corrected chi connectivity index (χ0v) is 11.6. The molecule has 0 atom stereocenters. The van der Waals surface area contributed by atoms with Gasteiger partial charge >= 0.3 is 0 Å². The third-order valence-corrected chi connectivity index (χ3v) is 2.49. The summed E-state index contributed by atoms with van der Waals surface area (Å²) in [6.07, 6.45) is 0. The van der Waals surface area contributed by atoms with Crippen LogP contribution in [-0.2, 0) is 9.59 Å². The van der Waals surface area contributed by atoms with E-state index in [1.807, 2.05) is 0 Å². The smallest absolute Gasteiger partial charge is 0.243 e. The summed E-state index contributed by atoms with van der Waals surface area (Å²) in [6, 6.07) is 4.45. The van der Waals surface area contributed by atoms with Gasteiger partial charge in [0.25, 0.3) is 0 Å². The Balaban J connectivity index is 2.57. The van der Waals surface area contributed by atoms with Crippen LogP contribution < -0.4 is 10.6 Å². The minimum absolute atomic E-state index is 0.120. The van der Waals surface area contributed by atoms with Crippen LogP contribution in [0.3, 0.4) is 0 Å². The van der Waals surface area contributed by atoms with E-state index in [-0.39, 0.29) is 18.1 Å². The first-order valence-electron chi connectivity index (χ1n) is 6.04. The van der Waals surface area contributed by atoms with E-state index in [1.54, 1.807) is 39.8 Å². The van der Waals surface area contributed by atoms with Gasteiger partial charge in [0.2, 0.25) is 11.8 Å². The van der Waals surface area contributed by atoms with Crippen molar-refractivity contribution >= 4 is 17.5 Å². The first kappa shape index (κ1) is 15.1. The van der Waals surface area contributed by atoms with E-state index < -0.39 is 17.1 Å². The van der Waals surface area contributed by atoms with E-state index >= 15 is 0 Å². The minimum atomic E-state index is -0.561. The van der Waals surface area contributed by atoms with Crippen LogP contribution in [0.2, 0.25) is 0 Å². The number of hydrogen-bond donors (Lipinski definition) is 2. The molecule has 1 aromatic rings. The molecule has 0 aliphatic carbocycles. The molecule has 0 aliphatic rings. The maximum atomic E-state index is 13.4. The van der Waals surface area contributed by atoms with Gasteiger partial charge in [-0.1, -0.05) is 26.8 Å². The van der Waals surface area contributed by atoms with Gasteiger partial charge in [-0.2, -0.15) is 0 Å². The predicted molar refractivity (Wildman–Crippen MR) is 72.2 cm³/mol. The highest BCUT2D eigenvalue weighted by Gasteiger charge is 2.21. The van der Waals surface area contributed by atoms with Crippen molar-refractivity contribution in [2.75, 3.05) is 11.9 Å². The van der Waals surface area contributed by atoms with Crippen molar-refractivity contribution in [3.63, 3.8) is 0 Å². The number of benzene rings is 1. The van der Waals surface area contributed by atoms with E-state index in [0.717, 1.165) is 5.56 Å². The fourth-order valence-electron chi connectivity index (χ4n) is 1.36. The molecule has 19 heavy (non-hydrogen) atoms. The van der Waals surface area contributed by atoms with Crippen molar-refractivity contribution in [2.24, 2.45) is 5.41 Å². The summed E-state index contributed by atoms with van der Waals surface area (Å²) in [7, 11) is 0. The Bertz CT molecular complexity index is 493. The molecule has 0 fully saturated rings. The molecule has 0 heterocycles. The van der Waals surface area contributed by atoms with Crippen molar-refractivity contribution in [1.82, 2.24) is 5.32 Å². The Hall–Kier alpha value is -1.91. The molecular weight excluding hydrogens is 247 g/mol. The molecule has 0 bridgehead atoms. The van der Waals surface area contributed by atoms with Gasteiger partial charge in [0.1, 0.15) is 5.82 Å². The maximum absolute atomic E-state index is 13.4. The van der Waals surface area contributed by atoms with Crippen LogP contribution in [0.25, 0.3) is 0 Å². The number of anilines is 1. The number of nitrogens with one attached hydrogen (secondary N) is 2. The topological polar surface area (TPSA) is 58.2 Å².